The van der Waals surface area contributed by atoms with Crippen LogP contribution in [0.1, 0.15) is 31.9 Å². The lowest BCUT2D eigenvalue weighted by Gasteiger charge is -2.11. The van der Waals surface area contributed by atoms with E-state index in [0.717, 1.165) is 24.6 Å². The third kappa shape index (κ3) is 3.18. The highest BCUT2D eigenvalue weighted by atomic mass is 16.3. The van der Waals surface area contributed by atoms with Crippen LogP contribution in [-0.4, -0.2) is 12.6 Å². The maximum atomic E-state index is 5.30. The van der Waals surface area contributed by atoms with Gasteiger partial charge in [-0.15, -0.1) is 0 Å². The average molecular weight is 193 g/mol. The molecule has 0 radical (unpaired) electrons. The average Bonchev–Trinajstić information content (AvgIpc) is 2.83. The van der Waals surface area contributed by atoms with Gasteiger partial charge in [-0.3, -0.25) is 0 Å². The van der Waals surface area contributed by atoms with E-state index >= 15 is 0 Å². The molecule has 1 saturated carbocycles. The van der Waals surface area contributed by atoms with Gasteiger partial charge in [0.1, 0.15) is 5.76 Å². The molecule has 0 saturated heterocycles. The van der Waals surface area contributed by atoms with Crippen LogP contribution in [0.15, 0.2) is 22.8 Å². The Hall–Kier alpha value is -0.760. The minimum absolute atomic E-state index is 0.528. The van der Waals surface area contributed by atoms with E-state index in [1.165, 1.54) is 19.3 Å². The minimum atomic E-state index is 0.528. The van der Waals surface area contributed by atoms with Crippen LogP contribution < -0.4 is 5.32 Å². The van der Waals surface area contributed by atoms with Gasteiger partial charge in [-0.25, -0.2) is 0 Å². The van der Waals surface area contributed by atoms with E-state index < -0.39 is 0 Å². The number of hydrogen-bond acceptors (Lipinski definition) is 2. The Balaban J connectivity index is 1.60. The van der Waals surface area contributed by atoms with E-state index in [1.54, 1.807) is 6.26 Å². The molecule has 14 heavy (non-hydrogen) atoms. The smallest absolute Gasteiger partial charge is 0.105 e. The topological polar surface area (TPSA) is 25.2 Å². The van der Waals surface area contributed by atoms with E-state index in [0.29, 0.717) is 6.04 Å². The molecule has 1 aromatic heterocycles. The van der Waals surface area contributed by atoms with E-state index in [-0.39, 0.29) is 0 Å². The lowest BCUT2D eigenvalue weighted by atomic mass is 10.2. The molecule has 0 aromatic carbocycles. The molecule has 2 nitrogen and oxygen atoms in total. The molecule has 1 aliphatic carbocycles. The molecule has 1 N–H and O–H groups in total. The van der Waals surface area contributed by atoms with Crippen molar-refractivity contribution in [1.29, 1.82) is 0 Å². The predicted octanol–water partition coefficient (Wildman–Crippen LogP) is 2.60. The number of furan rings is 1. The van der Waals surface area contributed by atoms with Crippen molar-refractivity contribution >= 4 is 0 Å². The SMILES string of the molecule is CC(Cc1ccco1)NCCC1CC1. The van der Waals surface area contributed by atoms with Crippen LogP contribution in [0.3, 0.4) is 0 Å². The van der Waals surface area contributed by atoms with Gasteiger partial charge >= 0.3 is 0 Å². The van der Waals surface area contributed by atoms with Gasteiger partial charge in [-0.05, 0) is 37.9 Å². The molecule has 78 valence electrons. The predicted molar refractivity (Wildman–Crippen MR) is 57.2 cm³/mol. The number of hydrogen-bond donors (Lipinski definition) is 1. The second-order valence-electron chi connectivity index (χ2n) is 4.37. The fourth-order valence-electron chi connectivity index (χ4n) is 1.74. The first-order chi connectivity index (χ1) is 6.84. The molecular weight excluding hydrogens is 174 g/mol. The van der Waals surface area contributed by atoms with Gasteiger partial charge in [0, 0.05) is 12.5 Å². The molecule has 1 fully saturated rings. The monoisotopic (exact) mass is 193 g/mol. The first kappa shape index (κ1) is 9.78. The van der Waals surface area contributed by atoms with Gasteiger partial charge in [0.05, 0.1) is 6.26 Å². The fourth-order valence-corrected chi connectivity index (χ4v) is 1.74. The molecule has 0 spiro atoms. The Kier molecular flexibility index (Phi) is 3.25. The molecule has 0 bridgehead atoms. The van der Waals surface area contributed by atoms with Crippen molar-refractivity contribution < 1.29 is 4.42 Å². The van der Waals surface area contributed by atoms with Crippen LogP contribution in [0.25, 0.3) is 0 Å². The van der Waals surface area contributed by atoms with Crippen molar-refractivity contribution in [2.45, 2.75) is 38.6 Å². The van der Waals surface area contributed by atoms with E-state index in [4.69, 9.17) is 4.42 Å². The Bertz CT molecular complexity index is 251. The van der Waals surface area contributed by atoms with Gasteiger partial charge in [-0.1, -0.05) is 12.8 Å². The molecule has 1 heterocycles. The highest BCUT2D eigenvalue weighted by Gasteiger charge is 2.20. The first-order valence-electron chi connectivity index (χ1n) is 5.60. The van der Waals surface area contributed by atoms with Crippen molar-refractivity contribution in [3.05, 3.63) is 24.2 Å². The van der Waals surface area contributed by atoms with Crippen LogP contribution in [0, 0.1) is 5.92 Å². The highest BCUT2D eigenvalue weighted by Crippen LogP contribution is 2.31. The second-order valence-corrected chi connectivity index (χ2v) is 4.37. The fraction of sp³-hybridized carbons (Fsp3) is 0.667. The summed E-state index contributed by atoms with van der Waals surface area (Å²) in [5.74, 6) is 2.11. The van der Waals surface area contributed by atoms with Gasteiger partial charge < -0.3 is 9.73 Å². The van der Waals surface area contributed by atoms with Gasteiger partial charge in [0.15, 0.2) is 0 Å². The molecular formula is C12H19NO. The molecule has 1 atom stereocenters. The summed E-state index contributed by atoms with van der Waals surface area (Å²) in [5, 5.41) is 3.53. The zero-order valence-electron chi connectivity index (χ0n) is 8.83. The lowest BCUT2D eigenvalue weighted by molar-refractivity contribution is 0.451. The maximum Gasteiger partial charge on any atom is 0.105 e. The standard InChI is InChI=1S/C12H19NO/c1-10(9-12-3-2-8-14-12)13-7-6-11-4-5-11/h2-3,8,10-11,13H,4-7,9H2,1H3. The molecule has 1 unspecified atom stereocenters. The third-order valence-electron chi connectivity index (χ3n) is 2.83. The van der Waals surface area contributed by atoms with E-state index in [9.17, 15) is 0 Å². The summed E-state index contributed by atoms with van der Waals surface area (Å²) in [4.78, 5) is 0. The highest BCUT2D eigenvalue weighted by molar-refractivity contribution is 4.99. The molecule has 2 rings (SSSR count). The minimum Gasteiger partial charge on any atom is -0.469 e. The van der Waals surface area contributed by atoms with E-state index in [2.05, 4.69) is 12.2 Å². The Morgan fingerprint density at radius 1 is 1.57 bits per heavy atom. The Morgan fingerprint density at radius 3 is 3.07 bits per heavy atom. The summed E-state index contributed by atoms with van der Waals surface area (Å²) in [5.41, 5.74) is 0. The molecule has 1 aromatic rings. The third-order valence-corrected chi connectivity index (χ3v) is 2.83. The lowest BCUT2D eigenvalue weighted by Crippen LogP contribution is -2.29. The van der Waals surface area contributed by atoms with Crippen molar-refractivity contribution in [2.75, 3.05) is 6.54 Å². The Labute approximate surface area is 85.7 Å². The zero-order valence-corrected chi connectivity index (χ0v) is 8.83. The molecule has 0 aliphatic heterocycles. The summed E-state index contributed by atoms with van der Waals surface area (Å²) < 4.78 is 5.30. The maximum absolute atomic E-state index is 5.30. The van der Waals surface area contributed by atoms with Crippen LogP contribution in [0.4, 0.5) is 0 Å². The quantitative estimate of drug-likeness (QED) is 0.751. The largest absolute Gasteiger partial charge is 0.469 e. The summed E-state index contributed by atoms with van der Waals surface area (Å²) in [6.07, 6.45) is 6.99. The zero-order chi connectivity index (χ0) is 9.80. The van der Waals surface area contributed by atoms with Gasteiger partial charge in [0.2, 0.25) is 0 Å². The summed E-state index contributed by atoms with van der Waals surface area (Å²) in [6.45, 7) is 3.38. The first-order valence-corrected chi connectivity index (χ1v) is 5.60. The van der Waals surface area contributed by atoms with Gasteiger partial charge in [0.25, 0.3) is 0 Å². The summed E-state index contributed by atoms with van der Waals surface area (Å²) >= 11 is 0. The summed E-state index contributed by atoms with van der Waals surface area (Å²) in [6, 6.07) is 4.52. The van der Waals surface area contributed by atoms with Crippen LogP contribution >= 0.6 is 0 Å². The van der Waals surface area contributed by atoms with Crippen LogP contribution in [-0.2, 0) is 6.42 Å². The van der Waals surface area contributed by atoms with Crippen LogP contribution in [0.5, 0.6) is 0 Å². The number of nitrogens with one attached hydrogen (secondary N) is 1. The number of rotatable bonds is 6. The molecule has 2 heteroatoms. The Morgan fingerprint density at radius 2 is 2.43 bits per heavy atom. The molecule has 0 amide bonds. The van der Waals surface area contributed by atoms with Crippen molar-refractivity contribution in [3.8, 4) is 0 Å². The van der Waals surface area contributed by atoms with Crippen molar-refractivity contribution in [1.82, 2.24) is 5.32 Å². The normalized spacial score (nSPS) is 18.4. The van der Waals surface area contributed by atoms with Crippen molar-refractivity contribution in [2.24, 2.45) is 5.92 Å². The van der Waals surface area contributed by atoms with Crippen LogP contribution in [0.2, 0.25) is 0 Å². The molecule has 1 aliphatic rings. The summed E-state index contributed by atoms with van der Waals surface area (Å²) in [7, 11) is 0. The second kappa shape index (κ2) is 4.65. The van der Waals surface area contributed by atoms with Gasteiger partial charge in [-0.2, -0.15) is 0 Å². The van der Waals surface area contributed by atoms with Crippen molar-refractivity contribution in [3.63, 3.8) is 0 Å². The van der Waals surface area contributed by atoms with E-state index in [1.807, 2.05) is 12.1 Å².